The van der Waals surface area contributed by atoms with Crippen LogP contribution in [0.2, 0.25) is 10.0 Å². The lowest BCUT2D eigenvalue weighted by atomic mass is 9.85. The van der Waals surface area contributed by atoms with Crippen molar-refractivity contribution in [2.24, 2.45) is 11.8 Å². The number of hydrogen-bond acceptors (Lipinski definition) is 3. The van der Waals surface area contributed by atoms with Crippen molar-refractivity contribution in [3.63, 3.8) is 0 Å². The fourth-order valence-electron chi connectivity index (χ4n) is 3.63. The third-order valence-corrected chi connectivity index (χ3v) is 5.60. The van der Waals surface area contributed by atoms with Gasteiger partial charge in [-0.3, -0.25) is 19.3 Å². The Balaban J connectivity index is 1.59. The molecule has 0 aromatic heterocycles. The van der Waals surface area contributed by atoms with Crippen molar-refractivity contribution in [3.8, 4) is 0 Å². The Bertz CT molecular complexity index is 992. The van der Waals surface area contributed by atoms with Gasteiger partial charge < -0.3 is 5.32 Å². The molecule has 1 N–H and O–H groups in total. The number of benzene rings is 2. The number of anilines is 2. The number of rotatable bonds is 3. The highest BCUT2D eigenvalue weighted by Gasteiger charge is 2.47. The highest BCUT2D eigenvalue weighted by molar-refractivity contribution is 6.36. The molecular formula is C21H16Cl2N2O3. The Morgan fingerprint density at radius 3 is 2.29 bits per heavy atom. The number of amides is 3. The Morgan fingerprint density at radius 1 is 0.964 bits per heavy atom. The zero-order valence-corrected chi connectivity index (χ0v) is 16.2. The molecule has 0 unspecified atom stereocenters. The van der Waals surface area contributed by atoms with Crippen molar-refractivity contribution < 1.29 is 14.4 Å². The molecule has 4 rings (SSSR count). The molecule has 0 radical (unpaired) electrons. The van der Waals surface area contributed by atoms with Crippen LogP contribution in [0.4, 0.5) is 11.4 Å². The van der Waals surface area contributed by atoms with Gasteiger partial charge >= 0.3 is 0 Å². The number of carbonyl (C=O) groups excluding carboxylic acids is 3. The standard InChI is InChI=1S/C21H16Cl2N2O3/c22-13-8-9-18(17(23)11-13)24-19(26)12-4-3-5-14(10-12)25-20(27)15-6-1-2-7-16(15)21(25)28/h1-5,8-11,15-16H,6-7H2,(H,24,26)/t15-,16-/m0/s1. The lowest BCUT2D eigenvalue weighted by Gasteiger charge is -2.16. The van der Waals surface area contributed by atoms with E-state index in [0.717, 1.165) is 0 Å². The van der Waals surface area contributed by atoms with E-state index in [1.165, 1.54) is 11.0 Å². The van der Waals surface area contributed by atoms with E-state index >= 15 is 0 Å². The Hall–Kier alpha value is -2.63. The minimum absolute atomic E-state index is 0.211. The molecule has 28 heavy (non-hydrogen) atoms. The molecule has 1 aliphatic heterocycles. The first-order valence-corrected chi connectivity index (χ1v) is 9.60. The molecule has 0 spiro atoms. The first kappa shape index (κ1) is 18.7. The zero-order valence-electron chi connectivity index (χ0n) is 14.7. The van der Waals surface area contributed by atoms with Crippen LogP contribution in [0.5, 0.6) is 0 Å². The number of hydrogen-bond donors (Lipinski definition) is 1. The van der Waals surface area contributed by atoms with Gasteiger partial charge in [0.2, 0.25) is 11.8 Å². The Labute approximate surface area is 171 Å². The summed E-state index contributed by atoms with van der Waals surface area (Å²) in [5, 5.41) is 3.50. The molecule has 3 amide bonds. The van der Waals surface area contributed by atoms with Gasteiger partial charge in [0, 0.05) is 10.6 Å². The largest absolute Gasteiger partial charge is 0.321 e. The summed E-state index contributed by atoms with van der Waals surface area (Å²) in [7, 11) is 0. The highest BCUT2D eigenvalue weighted by atomic mass is 35.5. The minimum atomic E-state index is -0.399. The average molecular weight is 415 g/mol. The fourth-order valence-corrected chi connectivity index (χ4v) is 4.08. The molecule has 5 nitrogen and oxygen atoms in total. The van der Waals surface area contributed by atoms with Crippen LogP contribution in [0.1, 0.15) is 23.2 Å². The van der Waals surface area contributed by atoms with Gasteiger partial charge in [0.25, 0.3) is 5.91 Å². The van der Waals surface area contributed by atoms with Crippen LogP contribution in [0.25, 0.3) is 0 Å². The zero-order chi connectivity index (χ0) is 19.8. The number of nitrogens with zero attached hydrogens (tertiary/aromatic N) is 1. The van der Waals surface area contributed by atoms with Crippen LogP contribution in [0.15, 0.2) is 54.6 Å². The van der Waals surface area contributed by atoms with E-state index in [9.17, 15) is 14.4 Å². The van der Waals surface area contributed by atoms with Crippen LogP contribution in [0, 0.1) is 11.8 Å². The summed E-state index contributed by atoms with van der Waals surface area (Å²) in [5.41, 5.74) is 1.14. The number of allylic oxidation sites excluding steroid dienone is 2. The van der Waals surface area contributed by atoms with Crippen LogP contribution in [0.3, 0.4) is 0 Å². The van der Waals surface area contributed by atoms with Crippen molar-refractivity contribution in [1.82, 2.24) is 0 Å². The first-order chi connectivity index (χ1) is 13.5. The summed E-state index contributed by atoms with van der Waals surface area (Å²) < 4.78 is 0. The molecule has 1 fully saturated rings. The molecule has 2 aromatic carbocycles. The molecule has 1 heterocycles. The number of nitrogens with one attached hydrogen (secondary N) is 1. The predicted molar refractivity (Wildman–Crippen MR) is 109 cm³/mol. The SMILES string of the molecule is O=C(Nc1ccc(Cl)cc1Cl)c1cccc(N2C(=O)[C@H]3CC=CC[C@@H]3C2=O)c1. The predicted octanol–water partition coefficient (Wildman–Crippen LogP) is 4.70. The van der Waals surface area contributed by atoms with Crippen molar-refractivity contribution >= 4 is 52.3 Å². The van der Waals surface area contributed by atoms with Crippen LogP contribution >= 0.6 is 23.2 Å². The molecule has 7 heteroatoms. The molecule has 1 aliphatic carbocycles. The third kappa shape index (κ3) is 3.32. The van der Waals surface area contributed by atoms with E-state index in [-0.39, 0.29) is 23.7 Å². The maximum atomic E-state index is 12.7. The van der Waals surface area contributed by atoms with Crippen molar-refractivity contribution in [2.75, 3.05) is 10.2 Å². The van der Waals surface area contributed by atoms with Crippen LogP contribution < -0.4 is 10.2 Å². The van der Waals surface area contributed by atoms with Gasteiger partial charge in [0.15, 0.2) is 0 Å². The number of imide groups is 1. The van der Waals surface area contributed by atoms with E-state index in [0.29, 0.717) is 39.8 Å². The van der Waals surface area contributed by atoms with Gasteiger partial charge in [0.05, 0.1) is 28.2 Å². The number of halogens is 2. The smallest absolute Gasteiger partial charge is 0.255 e. The van der Waals surface area contributed by atoms with E-state index < -0.39 is 5.91 Å². The van der Waals surface area contributed by atoms with Gasteiger partial charge in [-0.05, 0) is 49.2 Å². The topological polar surface area (TPSA) is 66.5 Å². The van der Waals surface area contributed by atoms with Gasteiger partial charge in [-0.25, -0.2) is 0 Å². The lowest BCUT2D eigenvalue weighted by molar-refractivity contribution is -0.122. The van der Waals surface area contributed by atoms with Crippen molar-refractivity contribution in [2.45, 2.75) is 12.8 Å². The van der Waals surface area contributed by atoms with Crippen molar-refractivity contribution in [3.05, 3.63) is 70.2 Å². The van der Waals surface area contributed by atoms with Gasteiger partial charge in [-0.2, -0.15) is 0 Å². The molecule has 0 bridgehead atoms. The summed E-state index contributed by atoms with van der Waals surface area (Å²) in [6.07, 6.45) is 5.02. The van der Waals surface area contributed by atoms with E-state index in [1.807, 2.05) is 12.2 Å². The maximum absolute atomic E-state index is 12.7. The third-order valence-electron chi connectivity index (χ3n) is 5.05. The molecule has 2 atom stereocenters. The highest BCUT2D eigenvalue weighted by Crippen LogP contribution is 2.37. The Morgan fingerprint density at radius 2 is 1.64 bits per heavy atom. The second-order valence-corrected chi connectivity index (χ2v) is 7.64. The lowest BCUT2D eigenvalue weighted by Crippen LogP contribution is -2.31. The summed E-state index contributed by atoms with van der Waals surface area (Å²) >= 11 is 12.0. The summed E-state index contributed by atoms with van der Waals surface area (Å²) in [4.78, 5) is 39.3. The van der Waals surface area contributed by atoms with Gasteiger partial charge in [-0.1, -0.05) is 41.4 Å². The molecule has 142 valence electrons. The quantitative estimate of drug-likeness (QED) is 0.584. The molecule has 2 aromatic rings. The number of fused-ring (bicyclic) bond motifs is 1. The minimum Gasteiger partial charge on any atom is -0.321 e. The van der Waals surface area contributed by atoms with Crippen LogP contribution in [-0.2, 0) is 9.59 Å². The van der Waals surface area contributed by atoms with E-state index in [2.05, 4.69) is 5.32 Å². The average Bonchev–Trinajstić information content (AvgIpc) is 2.95. The van der Waals surface area contributed by atoms with Gasteiger partial charge in [-0.15, -0.1) is 0 Å². The number of carbonyl (C=O) groups is 3. The maximum Gasteiger partial charge on any atom is 0.255 e. The molecule has 1 saturated heterocycles. The van der Waals surface area contributed by atoms with Gasteiger partial charge in [0.1, 0.15) is 0 Å². The molecule has 0 saturated carbocycles. The van der Waals surface area contributed by atoms with E-state index in [1.54, 1.807) is 36.4 Å². The first-order valence-electron chi connectivity index (χ1n) is 8.85. The van der Waals surface area contributed by atoms with Crippen molar-refractivity contribution in [1.29, 1.82) is 0 Å². The second kappa shape index (κ2) is 7.41. The fraction of sp³-hybridized carbons (Fsp3) is 0.190. The van der Waals surface area contributed by atoms with Crippen LogP contribution in [-0.4, -0.2) is 17.7 Å². The molecular weight excluding hydrogens is 399 g/mol. The molecule has 2 aliphatic rings. The monoisotopic (exact) mass is 414 g/mol. The summed E-state index contributed by atoms with van der Waals surface area (Å²) in [6, 6.07) is 11.2. The summed E-state index contributed by atoms with van der Waals surface area (Å²) in [6.45, 7) is 0. The Kier molecular flexibility index (Phi) is 4.96. The summed E-state index contributed by atoms with van der Waals surface area (Å²) in [5.74, 6) is -1.45. The normalized spacial score (nSPS) is 21.0. The second-order valence-electron chi connectivity index (χ2n) is 6.80. The van der Waals surface area contributed by atoms with E-state index in [4.69, 9.17) is 23.2 Å².